The lowest BCUT2D eigenvalue weighted by molar-refractivity contribution is -0.127. The zero-order valence-corrected chi connectivity index (χ0v) is 17.0. The van der Waals surface area contributed by atoms with Crippen molar-refractivity contribution in [2.24, 2.45) is 11.8 Å². The number of piperidine rings is 1. The second-order valence-electron chi connectivity index (χ2n) is 7.46. The van der Waals surface area contributed by atoms with Gasteiger partial charge in [-0.3, -0.25) is 9.59 Å². The molecule has 8 nitrogen and oxygen atoms in total. The normalized spacial score (nSPS) is 23.1. The molecule has 154 valence electrons. The number of nitrogens with one attached hydrogen (secondary N) is 2. The first-order chi connectivity index (χ1) is 13.3. The minimum absolute atomic E-state index is 0.0353. The van der Waals surface area contributed by atoms with Crippen LogP contribution in [0.3, 0.4) is 0 Å². The number of amides is 2. The molecule has 2 amide bonds. The maximum Gasteiger partial charge on any atom is 0.243 e. The standard InChI is InChI=1S/C19H27N3O5S/c1-13-11-17(13)19(24)20-12-18(23)21-14-7-9-22(10-8-14)28(25,26)16-5-3-15(27-2)4-6-16/h3-6,13-14,17H,7-12H2,1-2H3,(H,20,24)(H,21,23)/t13-,17-/m0/s1. The lowest BCUT2D eigenvalue weighted by Gasteiger charge is -2.31. The first-order valence-corrected chi connectivity index (χ1v) is 11.0. The van der Waals surface area contributed by atoms with Crippen LogP contribution in [0.15, 0.2) is 29.2 Å². The highest BCUT2D eigenvalue weighted by Crippen LogP contribution is 2.37. The molecule has 1 aliphatic carbocycles. The van der Waals surface area contributed by atoms with Crippen LogP contribution >= 0.6 is 0 Å². The molecule has 0 radical (unpaired) electrons. The Morgan fingerprint density at radius 3 is 2.32 bits per heavy atom. The van der Waals surface area contributed by atoms with Gasteiger partial charge in [-0.25, -0.2) is 8.42 Å². The first-order valence-electron chi connectivity index (χ1n) is 9.52. The highest BCUT2D eigenvalue weighted by molar-refractivity contribution is 7.89. The maximum absolute atomic E-state index is 12.7. The molecule has 1 saturated carbocycles. The van der Waals surface area contributed by atoms with Gasteiger partial charge in [0.2, 0.25) is 21.8 Å². The number of carbonyl (C=O) groups excluding carboxylic acids is 2. The Balaban J connectivity index is 1.45. The summed E-state index contributed by atoms with van der Waals surface area (Å²) in [5.41, 5.74) is 0. The van der Waals surface area contributed by atoms with Gasteiger partial charge >= 0.3 is 0 Å². The van der Waals surface area contributed by atoms with Gasteiger partial charge in [-0.2, -0.15) is 4.31 Å². The summed E-state index contributed by atoms with van der Waals surface area (Å²) in [6, 6.07) is 6.22. The summed E-state index contributed by atoms with van der Waals surface area (Å²) in [5.74, 6) is 0.740. The van der Waals surface area contributed by atoms with Crippen molar-refractivity contribution in [1.29, 1.82) is 0 Å². The second-order valence-corrected chi connectivity index (χ2v) is 9.40. The molecule has 0 spiro atoms. The molecule has 1 aliphatic heterocycles. The van der Waals surface area contributed by atoms with Gasteiger partial charge in [0.15, 0.2) is 0 Å². The van der Waals surface area contributed by atoms with E-state index in [0.29, 0.717) is 37.6 Å². The lowest BCUT2D eigenvalue weighted by atomic mass is 10.1. The quantitative estimate of drug-likeness (QED) is 0.691. The Hall–Kier alpha value is -2.13. The van der Waals surface area contributed by atoms with E-state index in [1.54, 1.807) is 12.1 Å². The summed E-state index contributed by atoms with van der Waals surface area (Å²) in [5, 5.41) is 5.54. The van der Waals surface area contributed by atoms with Gasteiger partial charge in [-0.05, 0) is 49.4 Å². The Labute approximate surface area is 165 Å². The fourth-order valence-corrected chi connectivity index (χ4v) is 4.87. The van der Waals surface area contributed by atoms with Gasteiger partial charge in [0, 0.05) is 25.0 Å². The molecule has 0 bridgehead atoms. The van der Waals surface area contributed by atoms with Crippen LogP contribution in [-0.2, 0) is 19.6 Å². The van der Waals surface area contributed by atoms with E-state index >= 15 is 0 Å². The second kappa shape index (κ2) is 8.48. The minimum Gasteiger partial charge on any atom is -0.497 e. The van der Waals surface area contributed by atoms with Gasteiger partial charge in [-0.1, -0.05) is 6.92 Å². The summed E-state index contributed by atoms with van der Waals surface area (Å²) in [7, 11) is -2.03. The van der Waals surface area contributed by atoms with Crippen LogP contribution in [0, 0.1) is 11.8 Å². The van der Waals surface area contributed by atoms with Crippen LogP contribution in [0.4, 0.5) is 0 Å². The Kier molecular flexibility index (Phi) is 6.24. The zero-order valence-electron chi connectivity index (χ0n) is 16.2. The third-order valence-corrected chi connectivity index (χ3v) is 7.30. The van der Waals surface area contributed by atoms with E-state index in [9.17, 15) is 18.0 Å². The van der Waals surface area contributed by atoms with Crippen molar-refractivity contribution in [3.05, 3.63) is 24.3 Å². The van der Waals surface area contributed by atoms with E-state index in [0.717, 1.165) is 6.42 Å². The summed E-state index contributed by atoms with van der Waals surface area (Å²) in [6.45, 7) is 2.65. The number of carbonyl (C=O) groups is 2. The van der Waals surface area contributed by atoms with E-state index in [2.05, 4.69) is 10.6 Å². The van der Waals surface area contributed by atoms with E-state index in [-0.39, 0.29) is 35.2 Å². The Morgan fingerprint density at radius 2 is 1.79 bits per heavy atom. The predicted octanol–water partition coefficient (Wildman–Crippen LogP) is 0.737. The highest BCUT2D eigenvalue weighted by atomic mass is 32.2. The molecule has 0 unspecified atom stereocenters. The number of nitrogens with zero attached hydrogens (tertiary/aromatic N) is 1. The third kappa shape index (κ3) is 4.82. The number of rotatable bonds is 7. The zero-order chi connectivity index (χ0) is 20.3. The topological polar surface area (TPSA) is 105 Å². The fraction of sp³-hybridized carbons (Fsp3) is 0.579. The van der Waals surface area contributed by atoms with Crippen molar-refractivity contribution in [2.75, 3.05) is 26.7 Å². The molecule has 1 heterocycles. The molecule has 1 aromatic rings. The molecule has 2 fully saturated rings. The minimum atomic E-state index is -3.56. The van der Waals surface area contributed by atoms with Gasteiger partial charge in [0.05, 0.1) is 18.6 Å². The molecule has 2 atom stereocenters. The van der Waals surface area contributed by atoms with Gasteiger partial charge in [0.1, 0.15) is 5.75 Å². The van der Waals surface area contributed by atoms with Crippen molar-refractivity contribution in [1.82, 2.24) is 14.9 Å². The monoisotopic (exact) mass is 409 g/mol. The number of sulfonamides is 1. The summed E-state index contributed by atoms with van der Waals surface area (Å²) < 4.78 is 32.0. The van der Waals surface area contributed by atoms with Crippen molar-refractivity contribution in [3.8, 4) is 5.75 Å². The van der Waals surface area contributed by atoms with E-state index in [1.807, 2.05) is 6.92 Å². The molecule has 9 heteroatoms. The molecule has 1 aromatic carbocycles. The molecule has 2 N–H and O–H groups in total. The van der Waals surface area contributed by atoms with E-state index in [1.165, 1.54) is 23.5 Å². The van der Waals surface area contributed by atoms with E-state index in [4.69, 9.17) is 4.74 Å². The number of methoxy groups -OCH3 is 1. The Bertz CT molecular complexity index is 816. The molecule has 28 heavy (non-hydrogen) atoms. The van der Waals surface area contributed by atoms with Gasteiger partial charge in [0.25, 0.3) is 0 Å². The summed E-state index contributed by atoms with van der Waals surface area (Å²) in [4.78, 5) is 24.0. The van der Waals surface area contributed by atoms with E-state index < -0.39 is 10.0 Å². The number of hydrogen-bond acceptors (Lipinski definition) is 5. The molecular weight excluding hydrogens is 382 g/mol. The molecule has 3 rings (SSSR count). The van der Waals surface area contributed by atoms with Crippen LogP contribution in [0.2, 0.25) is 0 Å². The largest absolute Gasteiger partial charge is 0.497 e. The molecule has 2 aliphatic rings. The van der Waals surface area contributed by atoms with Crippen molar-refractivity contribution in [2.45, 2.75) is 37.1 Å². The average molecular weight is 410 g/mol. The van der Waals surface area contributed by atoms with Crippen LogP contribution in [0.1, 0.15) is 26.2 Å². The number of hydrogen-bond donors (Lipinski definition) is 2. The van der Waals surface area contributed by atoms with Crippen molar-refractivity contribution < 1.29 is 22.7 Å². The fourth-order valence-electron chi connectivity index (χ4n) is 3.40. The van der Waals surface area contributed by atoms with Crippen LogP contribution < -0.4 is 15.4 Å². The molecule has 1 saturated heterocycles. The van der Waals surface area contributed by atoms with Gasteiger partial charge in [-0.15, -0.1) is 0 Å². The van der Waals surface area contributed by atoms with Crippen LogP contribution in [0.25, 0.3) is 0 Å². The smallest absolute Gasteiger partial charge is 0.243 e. The molecular formula is C19H27N3O5S. The average Bonchev–Trinajstić information content (AvgIpc) is 3.43. The summed E-state index contributed by atoms with van der Waals surface area (Å²) in [6.07, 6.45) is 1.96. The van der Waals surface area contributed by atoms with Crippen molar-refractivity contribution >= 4 is 21.8 Å². The lowest BCUT2D eigenvalue weighted by Crippen LogP contribution is -2.48. The SMILES string of the molecule is COc1ccc(S(=O)(=O)N2CCC(NC(=O)CNC(=O)[C@H]3C[C@@H]3C)CC2)cc1. The van der Waals surface area contributed by atoms with Crippen LogP contribution in [0.5, 0.6) is 5.75 Å². The summed E-state index contributed by atoms with van der Waals surface area (Å²) >= 11 is 0. The molecule has 0 aromatic heterocycles. The third-order valence-electron chi connectivity index (χ3n) is 5.39. The maximum atomic E-state index is 12.7. The predicted molar refractivity (Wildman–Crippen MR) is 103 cm³/mol. The number of benzene rings is 1. The highest BCUT2D eigenvalue weighted by Gasteiger charge is 2.39. The van der Waals surface area contributed by atoms with Crippen molar-refractivity contribution in [3.63, 3.8) is 0 Å². The van der Waals surface area contributed by atoms with Crippen LogP contribution in [-0.4, -0.2) is 57.3 Å². The first kappa shape index (κ1) is 20.6. The van der Waals surface area contributed by atoms with Gasteiger partial charge < -0.3 is 15.4 Å². The Morgan fingerprint density at radius 1 is 1.18 bits per heavy atom. The number of ether oxygens (including phenoxy) is 1.